The maximum atomic E-state index is 6.46. The molecule has 1 aliphatic carbocycles. The third kappa shape index (κ3) is 3.77. The largest absolute Gasteiger partial charge is 0.118 e. The van der Waals surface area contributed by atoms with E-state index >= 15 is 0 Å². The van der Waals surface area contributed by atoms with E-state index in [0.29, 0.717) is 10.0 Å². The molecular weight excluding hydrogens is 275 g/mol. The SMILES string of the molecule is Clc1ccc(C(Cl)CC2CCCCC2)cc1Cl. The highest BCUT2D eigenvalue weighted by atomic mass is 35.5. The lowest BCUT2D eigenvalue weighted by Crippen LogP contribution is -2.08. The average Bonchev–Trinajstić information content (AvgIpc) is 2.34. The van der Waals surface area contributed by atoms with E-state index in [0.717, 1.165) is 17.9 Å². The van der Waals surface area contributed by atoms with E-state index in [9.17, 15) is 0 Å². The first kappa shape index (κ1) is 13.5. The Hall–Kier alpha value is 0.0900. The molecule has 0 heterocycles. The molecule has 0 spiro atoms. The Labute approximate surface area is 118 Å². The highest BCUT2D eigenvalue weighted by molar-refractivity contribution is 6.42. The Morgan fingerprint density at radius 3 is 2.41 bits per heavy atom. The molecule has 0 aromatic heterocycles. The summed E-state index contributed by atoms with van der Waals surface area (Å²) >= 11 is 18.4. The van der Waals surface area contributed by atoms with Gasteiger partial charge in [-0.05, 0) is 30.0 Å². The van der Waals surface area contributed by atoms with Crippen molar-refractivity contribution >= 4 is 34.8 Å². The van der Waals surface area contributed by atoms with Crippen LogP contribution in [0.1, 0.15) is 49.5 Å². The maximum absolute atomic E-state index is 6.46. The number of benzene rings is 1. The van der Waals surface area contributed by atoms with E-state index < -0.39 is 0 Å². The van der Waals surface area contributed by atoms with Crippen LogP contribution in [0.3, 0.4) is 0 Å². The number of halogens is 3. The molecule has 0 aliphatic heterocycles. The topological polar surface area (TPSA) is 0 Å². The van der Waals surface area contributed by atoms with Gasteiger partial charge in [-0.2, -0.15) is 0 Å². The Kier molecular flexibility index (Phi) is 5.02. The third-order valence-corrected chi connectivity index (χ3v) is 4.74. The van der Waals surface area contributed by atoms with Crippen LogP contribution >= 0.6 is 34.8 Å². The van der Waals surface area contributed by atoms with Gasteiger partial charge in [-0.1, -0.05) is 61.4 Å². The fourth-order valence-corrected chi connectivity index (χ4v) is 3.25. The summed E-state index contributed by atoms with van der Waals surface area (Å²) in [6.07, 6.45) is 7.80. The minimum atomic E-state index is 0.0628. The molecule has 1 saturated carbocycles. The van der Waals surface area contributed by atoms with Crippen LogP contribution < -0.4 is 0 Å². The molecule has 0 saturated heterocycles. The first-order valence-electron chi connectivity index (χ1n) is 6.26. The van der Waals surface area contributed by atoms with E-state index in [-0.39, 0.29) is 5.38 Å². The number of hydrogen-bond acceptors (Lipinski definition) is 0. The van der Waals surface area contributed by atoms with Crippen molar-refractivity contribution in [3.05, 3.63) is 33.8 Å². The lowest BCUT2D eigenvalue weighted by molar-refractivity contribution is 0.336. The average molecular weight is 292 g/mol. The Balaban J connectivity index is 1.98. The van der Waals surface area contributed by atoms with Gasteiger partial charge in [0.05, 0.1) is 15.4 Å². The van der Waals surface area contributed by atoms with Crippen molar-refractivity contribution in [3.63, 3.8) is 0 Å². The molecule has 0 radical (unpaired) electrons. The number of alkyl halides is 1. The fourth-order valence-electron chi connectivity index (χ4n) is 2.56. The van der Waals surface area contributed by atoms with E-state index in [1.807, 2.05) is 18.2 Å². The Morgan fingerprint density at radius 1 is 1.06 bits per heavy atom. The standard InChI is InChI=1S/C14H17Cl3/c15-12-7-6-11(9-14(12)17)13(16)8-10-4-2-1-3-5-10/h6-7,9-10,13H,1-5,8H2. The Morgan fingerprint density at radius 2 is 1.76 bits per heavy atom. The molecule has 1 aromatic carbocycles. The van der Waals surface area contributed by atoms with Crippen molar-refractivity contribution in [1.82, 2.24) is 0 Å². The number of rotatable bonds is 3. The van der Waals surface area contributed by atoms with Crippen LogP contribution in [0.2, 0.25) is 10.0 Å². The second-order valence-corrected chi connectivity index (χ2v) is 6.22. The van der Waals surface area contributed by atoms with E-state index in [2.05, 4.69) is 0 Å². The van der Waals surface area contributed by atoms with Crippen molar-refractivity contribution < 1.29 is 0 Å². The second kappa shape index (κ2) is 6.31. The van der Waals surface area contributed by atoms with E-state index in [1.54, 1.807) is 0 Å². The zero-order valence-electron chi connectivity index (χ0n) is 9.76. The van der Waals surface area contributed by atoms with Crippen molar-refractivity contribution in [2.24, 2.45) is 5.92 Å². The van der Waals surface area contributed by atoms with Crippen molar-refractivity contribution in [2.75, 3.05) is 0 Å². The van der Waals surface area contributed by atoms with Gasteiger partial charge < -0.3 is 0 Å². The molecule has 1 fully saturated rings. The summed E-state index contributed by atoms with van der Waals surface area (Å²) in [5.74, 6) is 0.778. The molecule has 1 aromatic rings. The van der Waals surface area contributed by atoms with Gasteiger partial charge in [0.1, 0.15) is 0 Å². The van der Waals surface area contributed by atoms with Gasteiger partial charge in [-0.3, -0.25) is 0 Å². The molecule has 1 aliphatic rings. The summed E-state index contributed by atoms with van der Waals surface area (Å²) in [6, 6.07) is 5.70. The van der Waals surface area contributed by atoms with Crippen LogP contribution in [0, 0.1) is 5.92 Å². The summed E-state index contributed by atoms with van der Waals surface area (Å²) in [4.78, 5) is 0. The molecule has 1 unspecified atom stereocenters. The minimum absolute atomic E-state index is 0.0628. The molecule has 1 atom stereocenters. The van der Waals surface area contributed by atoms with Gasteiger partial charge in [0.2, 0.25) is 0 Å². The minimum Gasteiger partial charge on any atom is -0.118 e. The smallest absolute Gasteiger partial charge is 0.0595 e. The zero-order chi connectivity index (χ0) is 12.3. The summed E-state index contributed by atoms with van der Waals surface area (Å²) in [7, 11) is 0. The summed E-state index contributed by atoms with van der Waals surface area (Å²) in [5.41, 5.74) is 1.09. The van der Waals surface area contributed by atoms with Crippen LogP contribution in [0.5, 0.6) is 0 Å². The second-order valence-electron chi connectivity index (χ2n) is 4.88. The molecule has 0 nitrogen and oxygen atoms in total. The highest BCUT2D eigenvalue weighted by Crippen LogP contribution is 2.36. The summed E-state index contributed by atoms with van der Waals surface area (Å²) in [5, 5.41) is 1.25. The third-order valence-electron chi connectivity index (χ3n) is 3.57. The summed E-state index contributed by atoms with van der Waals surface area (Å²) < 4.78 is 0. The predicted molar refractivity (Wildman–Crippen MR) is 76.2 cm³/mol. The predicted octanol–water partition coefficient (Wildman–Crippen LogP) is 6.24. The van der Waals surface area contributed by atoms with Gasteiger partial charge in [-0.15, -0.1) is 11.6 Å². The molecular formula is C14H17Cl3. The fraction of sp³-hybridized carbons (Fsp3) is 0.571. The van der Waals surface area contributed by atoms with Crippen LogP contribution in [0.4, 0.5) is 0 Å². The van der Waals surface area contributed by atoms with Gasteiger partial charge in [0, 0.05) is 0 Å². The van der Waals surface area contributed by atoms with Gasteiger partial charge in [0.25, 0.3) is 0 Å². The zero-order valence-corrected chi connectivity index (χ0v) is 12.0. The maximum Gasteiger partial charge on any atom is 0.0595 e. The van der Waals surface area contributed by atoms with Crippen LogP contribution in [-0.4, -0.2) is 0 Å². The molecule has 0 amide bonds. The molecule has 2 rings (SSSR count). The van der Waals surface area contributed by atoms with Gasteiger partial charge in [-0.25, -0.2) is 0 Å². The Bertz CT molecular complexity index is 370. The number of hydrogen-bond donors (Lipinski definition) is 0. The monoisotopic (exact) mass is 290 g/mol. The molecule has 0 bridgehead atoms. The summed E-state index contributed by atoms with van der Waals surface area (Å²) in [6.45, 7) is 0. The quantitative estimate of drug-likeness (QED) is 0.578. The van der Waals surface area contributed by atoms with Crippen LogP contribution in [0.25, 0.3) is 0 Å². The van der Waals surface area contributed by atoms with E-state index in [1.165, 1.54) is 32.1 Å². The van der Waals surface area contributed by atoms with Crippen LogP contribution in [0.15, 0.2) is 18.2 Å². The molecule has 94 valence electrons. The lowest BCUT2D eigenvalue weighted by atomic mass is 9.85. The normalized spacial score (nSPS) is 19.2. The highest BCUT2D eigenvalue weighted by Gasteiger charge is 2.19. The first-order valence-corrected chi connectivity index (χ1v) is 7.45. The first-order chi connectivity index (χ1) is 8.16. The van der Waals surface area contributed by atoms with Gasteiger partial charge in [0.15, 0.2) is 0 Å². The molecule has 17 heavy (non-hydrogen) atoms. The van der Waals surface area contributed by atoms with E-state index in [4.69, 9.17) is 34.8 Å². The van der Waals surface area contributed by atoms with Crippen molar-refractivity contribution in [1.29, 1.82) is 0 Å². The molecule has 0 N–H and O–H groups in total. The van der Waals surface area contributed by atoms with Crippen molar-refractivity contribution in [2.45, 2.75) is 43.9 Å². The lowest BCUT2D eigenvalue weighted by Gasteiger charge is -2.24. The van der Waals surface area contributed by atoms with Crippen molar-refractivity contribution in [3.8, 4) is 0 Å². The van der Waals surface area contributed by atoms with Gasteiger partial charge >= 0.3 is 0 Å². The van der Waals surface area contributed by atoms with Crippen LogP contribution in [-0.2, 0) is 0 Å². The molecule has 3 heteroatoms.